The predicted molar refractivity (Wildman–Crippen MR) is 74.6 cm³/mol. The molecule has 100 valence electrons. The van der Waals surface area contributed by atoms with Crippen molar-refractivity contribution in [1.82, 2.24) is 9.97 Å². The summed E-state index contributed by atoms with van der Waals surface area (Å²) in [6.45, 7) is 1.87. The van der Waals surface area contributed by atoms with E-state index in [0.29, 0.717) is 16.9 Å². The maximum Gasteiger partial charge on any atom is 0.225 e. The molecule has 0 fully saturated rings. The van der Waals surface area contributed by atoms with Crippen molar-refractivity contribution >= 4 is 17.6 Å². The van der Waals surface area contributed by atoms with E-state index >= 15 is 0 Å². The van der Waals surface area contributed by atoms with Gasteiger partial charge in [-0.05, 0) is 30.9 Å². The molecular formula is C13H14FN3OS. The molecule has 2 rings (SSSR count). The highest BCUT2D eigenvalue weighted by Gasteiger charge is 2.09. The van der Waals surface area contributed by atoms with Crippen molar-refractivity contribution in [3.63, 3.8) is 0 Å². The highest BCUT2D eigenvalue weighted by Crippen LogP contribution is 2.26. The normalized spacial score (nSPS) is 10.3. The summed E-state index contributed by atoms with van der Waals surface area (Å²) in [7, 11) is 1.75. The second kappa shape index (κ2) is 5.88. The lowest BCUT2D eigenvalue weighted by atomic mass is 10.2. The Balaban J connectivity index is 2.34. The van der Waals surface area contributed by atoms with Gasteiger partial charge >= 0.3 is 0 Å². The Morgan fingerprint density at radius 2 is 2.05 bits per heavy atom. The van der Waals surface area contributed by atoms with Gasteiger partial charge in [0.05, 0.1) is 0 Å². The van der Waals surface area contributed by atoms with E-state index in [2.05, 4.69) is 15.3 Å². The Morgan fingerprint density at radius 1 is 1.26 bits per heavy atom. The lowest BCUT2D eigenvalue weighted by Crippen LogP contribution is -1.99. The van der Waals surface area contributed by atoms with Crippen LogP contribution in [0.2, 0.25) is 0 Å². The van der Waals surface area contributed by atoms with Crippen LogP contribution in [0.15, 0.2) is 29.4 Å². The first-order valence-corrected chi connectivity index (χ1v) is 6.89. The van der Waals surface area contributed by atoms with Crippen molar-refractivity contribution in [2.24, 2.45) is 0 Å². The molecule has 0 amide bonds. The molecule has 1 aromatic heterocycles. The third-order valence-corrected chi connectivity index (χ3v) is 2.97. The topological polar surface area (TPSA) is 47.0 Å². The molecule has 6 heteroatoms. The number of hydrogen-bond acceptors (Lipinski definition) is 5. The van der Waals surface area contributed by atoms with Crippen molar-refractivity contribution in [1.29, 1.82) is 0 Å². The molecule has 0 saturated carbocycles. The molecule has 0 aliphatic rings. The number of nitrogens with one attached hydrogen (secondary N) is 1. The van der Waals surface area contributed by atoms with Gasteiger partial charge in [-0.2, -0.15) is 4.98 Å². The van der Waals surface area contributed by atoms with Crippen LogP contribution < -0.4 is 10.1 Å². The molecule has 0 aliphatic heterocycles. The molecule has 0 aliphatic carbocycles. The average molecular weight is 279 g/mol. The Bertz CT molecular complexity index is 570. The molecule has 1 aromatic carbocycles. The number of thioether (sulfide) groups is 1. The summed E-state index contributed by atoms with van der Waals surface area (Å²) in [5, 5.41) is 3.48. The quantitative estimate of drug-likeness (QED) is 0.686. The number of rotatable bonds is 4. The fourth-order valence-corrected chi connectivity index (χ4v) is 1.85. The van der Waals surface area contributed by atoms with Crippen LogP contribution >= 0.6 is 11.8 Å². The second-order valence-electron chi connectivity index (χ2n) is 3.86. The largest absolute Gasteiger partial charge is 0.436 e. The van der Waals surface area contributed by atoms with Crippen molar-refractivity contribution in [3.8, 4) is 11.6 Å². The number of benzene rings is 1. The average Bonchev–Trinajstić information content (AvgIpc) is 2.42. The van der Waals surface area contributed by atoms with Crippen LogP contribution in [0.1, 0.15) is 5.56 Å². The van der Waals surface area contributed by atoms with Crippen molar-refractivity contribution in [3.05, 3.63) is 35.6 Å². The second-order valence-corrected chi connectivity index (χ2v) is 4.64. The van der Waals surface area contributed by atoms with Gasteiger partial charge in [0, 0.05) is 13.1 Å². The van der Waals surface area contributed by atoms with Crippen LogP contribution in [0.5, 0.6) is 11.6 Å². The standard InChI is InChI=1S/C13H14FN3OS/c1-8-4-5-9(14)10(6-8)18-12-7-11(15-2)16-13(17-12)19-3/h4-7H,1-3H3,(H,15,16,17). The number of ether oxygens (including phenoxy) is 1. The third kappa shape index (κ3) is 3.35. The number of aryl methyl sites for hydroxylation is 1. The first kappa shape index (κ1) is 13.6. The number of halogens is 1. The van der Waals surface area contributed by atoms with E-state index in [9.17, 15) is 4.39 Å². The predicted octanol–water partition coefficient (Wildman–Crippen LogP) is 3.48. The van der Waals surface area contributed by atoms with E-state index in [4.69, 9.17) is 4.74 Å². The summed E-state index contributed by atoms with van der Waals surface area (Å²) in [5.41, 5.74) is 0.921. The minimum absolute atomic E-state index is 0.160. The molecule has 0 radical (unpaired) electrons. The molecule has 4 nitrogen and oxygen atoms in total. The zero-order valence-corrected chi connectivity index (χ0v) is 11.7. The number of hydrogen-bond donors (Lipinski definition) is 1. The summed E-state index contributed by atoms with van der Waals surface area (Å²) in [6, 6.07) is 6.32. The van der Waals surface area contributed by atoms with Gasteiger partial charge in [0.1, 0.15) is 5.82 Å². The van der Waals surface area contributed by atoms with Gasteiger partial charge in [0.2, 0.25) is 5.88 Å². The van der Waals surface area contributed by atoms with Crippen LogP contribution in [0.4, 0.5) is 10.2 Å². The van der Waals surface area contributed by atoms with Crippen LogP contribution in [0.25, 0.3) is 0 Å². The van der Waals surface area contributed by atoms with E-state index in [1.807, 2.05) is 13.2 Å². The smallest absolute Gasteiger partial charge is 0.225 e. The molecule has 0 spiro atoms. The van der Waals surface area contributed by atoms with E-state index in [0.717, 1.165) is 5.56 Å². The van der Waals surface area contributed by atoms with Crippen LogP contribution in [-0.2, 0) is 0 Å². The van der Waals surface area contributed by atoms with E-state index in [1.165, 1.54) is 17.8 Å². The van der Waals surface area contributed by atoms with Gasteiger partial charge in [-0.1, -0.05) is 17.8 Å². The van der Waals surface area contributed by atoms with Gasteiger partial charge in [-0.25, -0.2) is 9.37 Å². The van der Waals surface area contributed by atoms with Crippen molar-refractivity contribution in [2.45, 2.75) is 12.1 Å². The zero-order valence-electron chi connectivity index (χ0n) is 10.9. The summed E-state index contributed by atoms with van der Waals surface area (Å²) in [4.78, 5) is 8.41. The van der Waals surface area contributed by atoms with Gasteiger partial charge in [-0.3, -0.25) is 0 Å². The highest BCUT2D eigenvalue weighted by atomic mass is 32.2. The van der Waals surface area contributed by atoms with Gasteiger partial charge in [0.25, 0.3) is 0 Å². The molecule has 0 unspecified atom stereocenters. The summed E-state index contributed by atoms with van der Waals surface area (Å²) in [6.07, 6.45) is 1.87. The Kier molecular flexibility index (Phi) is 4.21. The van der Waals surface area contributed by atoms with E-state index in [1.54, 1.807) is 25.2 Å². The lowest BCUT2D eigenvalue weighted by Gasteiger charge is -2.09. The fraction of sp³-hybridized carbons (Fsp3) is 0.231. The molecule has 1 N–H and O–H groups in total. The zero-order chi connectivity index (χ0) is 13.8. The minimum atomic E-state index is -0.416. The Morgan fingerprint density at radius 3 is 2.74 bits per heavy atom. The van der Waals surface area contributed by atoms with Crippen molar-refractivity contribution in [2.75, 3.05) is 18.6 Å². The summed E-state index contributed by atoms with van der Waals surface area (Å²) >= 11 is 1.39. The SMILES string of the molecule is CNc1cc(Oc2cc(C)ccc2F)nc(SC)n1. The Hall–Kier alpha value is -1.82. The van der Waals surface area contributed by atoms with Gasteiger partial charge in [-0.15, -0.1) is 0 Å². The lowest BCUT2D eigenvalue weighted by molar-refractivity contribution is 0.422. The molecule has 0 bridgehead atoms. The van der Waals surface area contributed by atoms with Crippen LogP contribution in [-0.4, -0.2) is 23.3 Å². The molecule has 2 aromatic rings. The van der Waals surface area contributed by atoms with Crippen LogP contribution in [0, 0.1) is 12.7 Å². The van der Waals surface area contributed by atoms with Gasteiger partial charge < -0.3 is 10.1 Å². The minimum Gasteiger partial charge on any atom is -0.436 e. The molecule has 19 heavy (non-hydrogen) atoms. The maximum atomic E-state index is 13.6. The van der Waals surface area contributed by atoms with E-state index in [-0.39, 0.29) is 5.75 Å². The Labute approximate surface area is 115 Å². The number of aromatic nitrogens is 2. The molecule has 0 atom stereocenters. The maximum absolute atomic E-state index is 13.6. The molecule has 1 heterocycles. The highest BCUT2D eigenvalue weighted by molar-refractivity contribution is 7.98. The van der Waals surface area contributed by atoms with Crippen molar-refractivity contribution < 1.29 is 9.13 Å². The first-order valence-electron chi connectivity index (χ1n) is 5.67. The summed E-state index contributed by atoms with van der Waals surface area (Å²) in [5.74, 6) is 0.685. The number of anilines is 1. The first-order chi connectivity index (χ1) is 9.12. The number of nitrogens with zero attached hydrogens (tertiary/aromatic N) is 2. The van der Waals surface area contributed by atoms with Gasteiger partial charge in [0.15, 0.2) is 16.7 Å². The third-order valence-electron chi connectivity index (χ3n) is 2.42. The molecule has 0 saturated heterocycles. The molecular weight excluding hydrogens is 265 g/mol. The monoisotopic (exact) mass is 279 g/mol. The summed E-state index contributed by atoms with van der Waals surface area (Å²) < 4.78 is 19.1. The fourth-order valence-electron chi connectivity index (χ4n) is 1.48. The van der Waals surface area contributed by atoms with Crippen LogP contribution in [0.3, 0.4) is 0 Å². The van der Waals surface area contributed by atoms with E-state index < -0.39 is 5.82 Å².